The molecule has 6 nitrogen and oxygen atoms in total. The summed E-state index contributed by atoms with van der Waals surface area (Å²) in [7, 11) is 0. The minimum atomic E-state index is -0.153. The van der Waals surface area contributed by atoms with Gasteiger partial charge in [0.1, 0.15) is 12.1 Å². The Balaban J connectivity index is 1.57. The molecule has 1 aromatic heterocycles. The summed E-state index contributed by atoms with van der Waals surface area (Å²) in [6.45, 7) is 1.71. The Kier molecular flexibility index (Phi) is 4.60. The first-order chi connectivity index (χ1) is 10.8. The Hall–Kier alpha value is -2.47. The van der Waals surface area contributed by atoms with Gasteiger partial charge in [-0.2, -0.15) is 0 Å². The van der Waals surface area contributed by atoms with Gasteiger partial charge in [0.15, 0.2) is 0 Å². The quantitative estimate of drug-likeness (QED) is 0.940. The number of nitrogens with one attached hydrogen (secondary N) is 1. The van der Waals surface area contributed by atoms with E-state index in [-0.39, 0.29) is 12.1 Å². The lowest BCUT2D eigenvalue weighted by molar-refractivity contribution is -0.0113. The molecule has 2 amide bonds. The van der Waals surface area contributed by atoms with Gasteiger partial charge in [-0.25, -0.2) is 14.8 Å². The Labute approximate surface area is 129 Å². The van der Waals surface area contributed by atoms with Gasteiger partial charge < -0.3 is 9.64 Å². The van der Waals surface area contributed by atoms with Gasteiger partial charge in [-0.15, -0.1) is 0 Å². The summed E-state index contributed by atoms with van der Waals surface area (Å²) in [5.74, 6) is 0.506. The summed E-state index contributed by atoms with van der Waals surface area (Å²) in [4.78, 5) is 21.9. The molecule has 0 radical (unpaired) electrons. The van der Waals surface area contributed by atoms with E-state index in [1.165, 1.54) is 11.9 Å². The van der Waals surface area contributed by atoms with Crippen LogP contribution in [-0.4, -0.2) is 46.7 Å². The predicted octanol–water partition coefficient (Wildman–Crippen LogP) is 1.95. The predicted molar refractivity (Wildman–Crippen MR) is 82.5 cm³/mol. The smallest absolute Gasteiger partial charge is 0.323 e. The molecule has 6 heteroatoms. The fourth-order valence-electron chi connectivity index (χ4n) is 2.46. The first-order valence-electron chi connectivity index (χ1n) is 7.29. The van der Waals surface area contributed by atoms with Crippen molar-refractivity contribution < 1.29 is 9.53 Å². The van der Waals surface area contributed by atoms with Crippen molar-refractivity contribution in [1.29, 1.82) is 0 Å². The maximum Gasteiger partial charge on any atom is 0.323 e. The van der Waals surface area contributed by atoms with Gasteiger partial charge >= 0.3 is 6.03 Å². The zero-order chi connectivity index (χ0) is 15.2. The summed E-state index contributed by atoms with van der Waals surface area (Å²) >= 11 is 0. The molecule has 0 aliphatic carbocycles. The van der Waals surface area contributed by atoms with Crippen LogP contribution in [0.1, 0.15) is 5.56 Å². The van der Waals surface area contributed by atoms with Crippen LogP contribution in [-0.2, 0) is 11.2 Å². The van der Waals surface area contributed by atoms with Crippen LogP contribution >= 0.6 is 0 Å². The number of morpholine rings is 1. The summed E-state index contributed by atoms with van der Waals surface area (Å²) in [6, 6.07) is 11.7. The third-order valence-corrected chi connectivity index (χ3v) is 3.55. The largest absolute Gasteiger partial charge is 0.374 e. The molecule has 2 heterocycles. The fourth-order valence-corrected chi connectivity index (χ4v) is 2.46. The molecule has 3 rings (SSSR count). The van der Waals surface area contributed by atoms with Gasteiger partial charge in [0.2, 0.25) is 0 Å². The lowest BCUT2D eigenvalue weighted by Gasteiger charge is -2.33. The first kappa shape index (κ1) is 14.5. The number of carbonyl (C=O) groups is 1. The summed E-state index contributed by atoms with van der Waals surface area (Å²) in [5, 5.41) is 2.78. The number of aromatic nitrogens is 2. The molecular formula is C16H18N4O2. The van der Waals surface area contributed by atoms with Crippen LogP contribution in [0, 0.1) is 0 Å². The van der Waals surface area contributed by atoms with Crippen molar-refractivity contribution in [3.63, 3.8) is 0 Å². The van der Waals surface area contributed by atoms with Gasteiger partial charge in [-0.3, -0.25) is 5.32 Å². The number of rotatable bonds is 3. The van der Waals surface area contributed by atoms with Crippen LogP contribution in [0.2, 0.25) is 0 Å². The number of hydrogen-bond donors (Lipinski definition) is 1. The van der Waals surface area contributed by atoms with Gasteiger partial charge in [0, 0.05) is 25.7 Å². The second-order valence-electron chi connectivity index (χ2n) is 5.15. The Bertz CT molecular complexity index is 606. The van der Waals surface area contributed by atoms with Gasteiger partial charge in [0.25, 0.3) is 0 Å². The maximum atomic E-state index is 12.3. The number of anilines is 1. The highest BCUT2D eigenvalue weighted by molar-refractivity contribution is 5.88. The number of benzene rings is 1. The van der Waals surface area contributed by atoms with E-state index in [2.05, 4.69) is 27.4 Å². The van der Waals surface area contributed by atoms with Gasteiger partial charge in [-0.05, 0) is 11.6 Å². The lowest BCUT2D eigenvalue weighted by atomic mass is 10.1. The Morgan fingerprint density at radius 3 is 2.95 bits per heavy atom. The molecule has 1 atom stereocenters. The highest BCUT2D eigenvalue weighted by Crippen LogP contribution is 2.13. The lowest BCUT2D eigenvalue weighted by Crippen LogP contribution is -2.48. The number of amides is 2. The van der Waals surface area contributed by atoms with Crippen molar-refractivity contribution in [1.82, 2.24) is 14.9 Å². The van der Waals surface area contributed by atoms with E-state index in [1.807, 2.05) is 18.2 Å². The van der Waals surface area contributed by atoms with Crippen LogP contribution in [0.15, 0.2) is 48.9 Å². The summed E-state index contributed by atoms with van der Waals surface area (Å²) in [5.41, 5.74) is 1.21. The average Bonchev–Trinajstić information content (AvgIpc) is 2.57. The van der Waals surface area contributed by atoms with Crippen LogP contribution in [0.25, 0.3) is 0 Å². The molecular weight excluding hydrogens is 280 g/mol. The number of urea groups is 1. The van der Waals surface area contributed by atoms with Crippen molar-refractivity contribution in [2.75, 3.05) is 25.0 Å². The fraction of sp³-hybridized carbons (Fsp3) is 0.312. The molecule has 0 bridgehead atoms. The summed E-state index contributed by atoms with van der Waals surface area (Å²) < 4.78 is 5.77. The molecule has 1 aromatic carbocycles. The second kappa shape index (κ2) is 7.00. The Morgan fingerprint density at radius 1 is 1.32 bits per heavy atom. The first-order valence-corrected chi connectivity index (χ1v) is 7.29. The molecule has 1 saturated heterocycles. The van der Waals surface area contributed by atoms with E-state index < -0.39 is 0 Å². The molecule has 1 N–H and O–H groups in total. The van der Waals surface area contributed by atoms with Crippen molar-refractivity contribution >= 4 is 11.8 Å². The maximum absolute atomic E-state index is 12.3. The van der Waals surface area contributed by atoms with E-state index in [4.69, 9.17) is 4.74 Å². The van der Waals surface area contributed by atoms with Crippen LogP contribution in [0.4, 0.5) is 10.6 Å². The monoisotopic (exact) mass is 298 g/mol. The molecule has 1 unspecified atom stereocenters. The normalized spacial score (nSPS) is 18.0. The number of hydrogen-bond acceptors (Lipinski definition) is 4. The highest BCUT2D eigenvalue weighted by atomic mass is 16.5. The van der Waals surface area contributed by atoms with E-state index in [0.717, 1.165) is 6.42 Å². The third-order valence-electron chi connectivity index (χ3n) is 3.55. The van der Waals surface area contributed by atoms with E-state index in [1.54, 1.807) is 17.2 Å². The van der Waals surface area contributed by atoms with Crippen molar-refractivity contribution in [3.8, 4) is 0 Å². The van der Waals surface area contributed by atoms with Crippen LogP contribution in [0.5, 0.6) is 0 Å². The number of carbonyl (C=O) groups excluding carboxylic acids is 1. The van der Waals surface area contributed by atoms with Gasteiger partial charge in [-0.1, -0.05) is 30.3 Å². The summed E-state index contributed by atoms with van der Waals surface area (Å²) in [6.07, 6.45) is 3.83. The molecule has 22 heavy (non-hydrogen) atoms. The molecule has 1 aliphatic rings. The van der Waals surface area contributed by atoms with Crippen LogP contribution in [0.3, 0.4) is 0 Å². The standard InChI is InChI=1S/C16H18N4O2/c21-16(19-15-6-7-17-12-18-15)20-8-9-22-14(11-20)10-13-4-2-1-3-5-13/h1-7,12,14H,8-11H2,(H,17,18,19,21). The topological polar surface area (TPSA) is 67.4 Å². The third kappa shape index (κ3) is 3.79. The molecule has 1 aliphatic heterocycles. The second-order valence-corrected chi connectivity index (χ2v) is 5.15. The molecule has 1 fully saturated rings. The number of ether oxygens (including phenoxy) is 1. The number of nitrogens with zero attached hydrogens (tertiary/aromatic N) is 3. The average molecular weight is 298 g/mol. The molecule has 0 spiro atoms. The van der Waals surface area contributed by atoms with E-state index >= 15 is 0 Å². The van der Waals surface area contributed by atoms with E-state index in [9.17, 15) is 4.79 Å². The van der Waals surface area contributed by atoms with Crippen molar-refractivity contribution in [3.05, 3.63) is 54.5 Å². The van der Waals surface area contributed by atoms with Crippen LogP contribution < -0.4 is 5.32 Å². The zero-order valence-corrected chi connectivity index (χ0v) is 12.2. The minimum Gasteiger partial charge on any atom is -0.374 e. The van der Waals surface area contributed by atoms with Gasteiger partial charge in [0.05, 0.1) is 12.7 Å². The zero-order valence-electron chi connectivity index (χ0n) is 12.2. The molecule has 0 saturated carbocycles. The highest BCUT2D eigenvalue weighted by Gasteiger charge is 2.24. The SMILES string of the molecule is O=C(Nc1ccncn1)N1CCOC(Cc2ccccc2)C1. The van der Waals surface area contributed by atoms with E-state index in [0.29, 0.717) is 25.5 Å². The Morgan fingerprint density at radius 2 is 2.18 bits per heavy atom. The molecule has 114 valence electrons. The van der Waals surface area contributed by atoms with Crippen molar-refractivity contribution in [2.24, 2.45) is 0 Å². The molecule has 2 aromatic rings. The van der Waals surface area contributed by atoms with Crippen molar-refractivity contribution in [2.45, 2.75) is 12.5 Å². The minimum absolute atomic E-state index is 0.0206.